The number of hydrogen-bond donors (Lipinski definition) is 2. The lowest BCUT2D eigenvalue weighted by Gasteiger charge is -2.22. The van der Waals surface area contributed by atoms with Crippen LogP contribution >= 0.6 is 0 Å². The Bertz CT molecular complexity index is 1220. The number of carbonyl (C=O) groups excluding carboxylic acids is 2. The number of anilines is 1. The van der Waals surface area contributed by atoms with Gasteiger partial charge in [0.25, 0.3) is 5.91 Å². The number of nitrogens with one attached hydrogen (secondary N) is 2. The fraction of sp³-hybridized carbons (Fsp3) is 0.250. The minimum Gasteiger partial charge on any atom is -0.468 e. The fourth-order valence-corrected chi connectivity index (χ4v) is 4.72. The maximum absolute atomic E-state index is 13.4. The van der Waals surface area contributed by atoms with Crippen molar-refractivity contribution >= 4 is 27.5 Å². The molecule has 0 unspecified atom stereocenters. The van der Waals surface area contributed by atoms with Crippen LogP contribution in [0.15, 0.2) is 76.2 Å². The Morgan fingerprint density at radius 3 is 2.27 bits per heavy atom. The van der Waals surface area contributed by atoms with Crippen molar-refractivity contribution < 1.29 is 22.4 Å². The van der Waals surface area contributed by atoms with Crippen molar-refractivity contribution in [1.29, 1.82) is 0 Å². The SMILES string of the molecule is CC(=O)Nc1ccc(S(=O)(=O)N(Cc2ccc(C(=O)NC3CC3)cc2)Cc2ccco2)cc1. The summed E-state index contributed by atoms with van der Waals surface area (Å²) < 4.78 is 33.6. The summed E-state index contributed by atoms with van der Waals surface area (Å²) in [7, 11) is -3.87. The Labute approximate surface area is 192 Å². The third kappa shape index (κ3) is 5.88. The van der Waals surface area contributed by atoms with Crippen molar-refractivity contribution in [3.63, 3.8) is 0 Å². The predicted molar refractivity (Wildman–Crippen MR) is 123 cm³/mol. The van der Waals surface area contributed by atoms with E-state index in [-0.39, 0.29) is 35.8 Å². The van der Waals surface area contributed by atoms with Gasteiger partial charge in [0.15, 0.2) is 0 Å². The highest BCUT2D eigenvalue weighted by atomic mass is 32.2. The molecule has 0 radical (unpaired) electrons. The predicted octanol–water partition coefficient (Wildman–Crippen LogP) is 3.52. The molecule has 1 aromatic heterocycles. The summed E-state index contributed by atoms with van der Waals surface area (Å²) in [6.45, 7) is 1.53. The Kier molecular flexibility index (Phi) is 6.62. The summed E-state index contributed by atoms with van der Waals surface area (Å²) in [6.07, 6.45) is 3.51. The summed E-state index contributed by atoms with van der Waals surface area (Å²) in [5.74, 6) is 0.150. The lowest BCUT2D eigenvalue weighted by molar-refractivity contribution is -0.114. The van der Waals surface area contributed by atoms with Gasteiger partial charge in [-0.05, 0) is 66.9 Å². The van der Waals surface area contributed by atoms with E-state index in [0.717, 1.165) is 18.4 Å². The van der Waals surface area contributed by atoms with Gasteiger partial charge >= 0.3 is 0 Å². The van der Waals surface area contributed by atoms with Crippen LogP contribution in [0.4, 0.5) is 5.69 Å². The van der Waals surface area contributed by atoms with Crippen LogP contribution in [-0.2, 0) is 27.9 Å². The molecule has 2 amide bonds. The first-order chi connectivity index (χ1) is 15.8. The molecule has 0 aliphatic heterocycles. The molecule has 1 fully saturated rings. The summed E-state index contributed by atoms with van der Waals surface area (Å²) in [5, 5.41) is 5.56. The zero-order valence-corrected chi connectivity index (χ0v) is 19.0. The molecule has 2 N–H and O–H groups in total. The molecule has 0 spiro atoms. The van der Waals surface area contributed by atoms with E-state index in [1.165, 1.54) is 29.6 Å². The number of sulfonamides is 1. The van der Waals surface area contributed by atoms with Gasteiger partial charge in [0.1, 0.15) is 5.76 Å². The summed E-state index contributed by atoms with van der Waals surface area (Å²) in [4.78, 5) is 23.6. The number of furan rings is 1. The van der Waals surface area contributed by atoms with E-state index < -0.39 is 10.0 Å². The highest BCUT2D eigenvalue weighted by molar-refractivity contribution is 7.89. The van der Waals surface area contributed by atoms with Crippen LogP contribution in [0.1, 0.15) is 41.4 Å². The van der Waals surface area contributed by atoms with E-state index in [1.807, 2.05) is 0 Å². The third-order valence-corrected chi connectivity index (χ3v) is 7.02. The molecule has 4 rings (SSSR count). The fourth-order valence-electron chi connectivity index (χ4n) is 3.33. The van der Waals surface area contributed by atoms with Crippen molar-refractivity contribution in [3.05, 3.63) is 83.8 Å². The molecule has 0 atom stereocenters. The summed E-state index contributed by atoms with van der Waals surface area (Å²) in [5.41, 5.74) is 1.79. The molecule has 3 aromatic rings. The number of benzene rings is 2. The largest absolute Gasteiger partial charge is 0.468 e. The first-order valence-corrected chi connectivity index (χ1v) is 12.1. The first-order valence-electron chi connectivity index (χ1n) is 10.6. The van der Waals surface area contributed by atoms with Crippen molar-refractivity contribution in [2.24, 2.45) is 0 Å². The molecule has 1 heterocycles. The van der Waals surface area contributed by atoms with Crippen LogP contribution in [0.5, 0.6) is 0 Å². The van der Waals surface area contributed by atoms with Gasteiger partial charge in [-0.2, -0.15) is 4.31 Å². The smallest absolute Gasteiger partial charge is 0.251 e. The Morgan fingerprint density at radius 2 is 1.70 bits per heavy atom. The minimum absolute atomic E-state index is 0.0483. The lowest BCUT2D eigenvalue weighted by atomic mass is 10.1. The van der Waals surface area contributed by atoms with Gasteiger partial charge in [0, 0.05) is 30.8 Å². The molecular weight excluding hydrogens is 442 g/mol. The van der Waals surface area contributed by atoms with E-state index in [0.29, 0.717) is 17.0 Å². The molecule has 1 aliphatic carbocycles. The quantitative estimate of drug-likeness (QED) is 0.501. The average molecular weight is 468 g/mol. The Hall–Kier alpha value is -3.43. The van der Waals surface area contributed by atoms with E-state index >= 15 is 0 Å². The van der Waals surface area contributed by atoms with Crippen LogP contribution in [0.25, 0.3) is 0 Å². The molecule has 8 nitrogen and oxygen atoms in total. The van der Waals surface area contributed by atoms with Crippen molar-refractivity contribution in [3.8, 4) is 0 Å². The lowest BCUT2D eigenvalue weighted by Crippen LogP contribution is -2.30. The highest BCUT2D eigenvalue weighted by Gasteiger charge is 2.27. The van der Waals surface area contributed by atoms with Gasteiger partial charge < -0.3 is 15.1 Å². The average Bonchev–Trinajstić information content (AvgIpc) is 3.45. The molecule has 0 saturated heterocycles. The molecule has 2 aromatic carbocycles. The monoisotopic (exact) mass is 467 g/mol. The van der Waals surface area contributed by atoms with Gasteiger partial charge in [0.2, 0.25) is 15.9 Å². The minimum atomic E-state index is -3.87. The first kappa shape index (κ1) is 22.8. The van der Waals surface area contributed by atoms with Crippen molar-refractivity contribution in [2.45, 2.75) is 43.8 Å². The normalized spacial score (nSPS) is 13.6. The van der Waals surface area contributed by atoms with E-state index in [1.54, 1.807) is 48.5 Å². The Morgan fingerprint density at radius 1 is 1.00 bits per heavy atom. The van der Waals surface area contributed by atoms with Gasteiger partial charge in [-0.3, -0.25) is 9.59 Å². The number of nitrogens with zero attached hydrogens (tertiary/aromatic N) is 1. The summed E-state index contributed by atoms with van der Waals surface area (Å²) in [6, 6.07) is 16.6. The van der Waals surface area contributed by atoms with Crippen LogP contribution in [0.3, 0.4) is 0 Å². The van der Waals surface area contributed by atoms with E-state index in [4.69, 9.17) is 4.42 Å². The number of rotatable bonds is 9. The zero-order valence-electron chi connectivity index (χ0n) is 18.2. The molecule has 1 saturated carbocycles. The van der Waals surface area contributed by atoms with Gasteiger partial charge in [-0.15, -0.1) is 0 Å². The van der Waals surface area contributed by atoms with Crippen LogP contribution in [0, 0.1) is 0 Å². The zero-order chi connectivity index (χ0) is 23.4. The van der Waals surface area contributed by atoms with Gasteiger partial charge in [-0.1, -0.05) is 12.1 Å². The molecule has 33 heavy (non-hydrogen) atoms. The second-order valence-electron chi connectivity index (χ2n) is 8.00. The third-order valence-electron chi connectivity index (χ3n) is 5.21. The molecule has 172 valence electrons. The number of hydrogen-bond acceptors (Lipinski definition) is 5. The van der Waals surface area contributed by atoms with E-state index in [2.05, 4.69) is 10.6 Å². The maximum atomic E-state index is 13.4. The maximum Gasteiger partial charge on any atom is 0.251 e. The van der Waals surface area contributed by atoms with Crippen LogP contribution < -0.4 is 10.6 Å². The van der Waals surface area contributed by atoms with Crippen LogP contribution in [0.2, 0.25) is 0 Å². The van der Waals surface area contributed by atoms with E-state index in [9.17, 15) is 18.0 Å². The second-order valence-corrected chi connectivity index (χ2v) is 9.94. The molecular formula is C24H25N3O5S. The van der Waals surface area contributed by atoms with Gasteiger partial charge in [-0.25, -0.2) is 8.42 Å². The Balaban J connectivity index is 1.55. The summed E-state index contributed by atoms with van der Waals surface area (Å²) >= 11 is 0. The van der Waals surface area contributed by atoms with Crippen LogP contribution in [-0.4, -0.2) is 30.6 Å². The molecule has 9 heteroatoms. The topological polar surface area (TPSA) is 109 Å². The van der Waals surface area contributed by atoms with Gasteiger partial charge in [0.05, 0.1) is 17.7 Å². The molecule has 1 aliphatic rings. The standard InChI is InChI=1S/C24H25N3O5S/c1-17(28)25-20-10-12-23(13-11-20)33(30,31)27(16-22-3-2-14-32-22)15-18-4-6-19(7-5-18)24(29)26-21-8-9-21/h2-7,10-14,21H,8-9,15-16H2,1H3,(H,25,28)(H,26,29). The number of amides is 2. The van der Waals surface area contributed by atoms with Crippen molar-refractivity contribution in [1.82, 2.24) is 9.62 Å². The second kappa shape index (κ2) is 9.60. The molecule has 0 bridgehead atoms. The highest BCUT2D eigenvalue weighted by Crippen LogP contribution is 2.24. The van der Waals surface area contributed by atoms with Crippen molar-refractivity contribution in [2.75, 3.05) is 5.32 Å². The number of carbonyl (C=O) groups is 2.